The highest BCUT2D eigenvalue weighted by Gasteiger charge is 2.16. The Kier molecular flexibility index (Phi) is 8.57. The number of hydrogen-bond donors (Lipinski definition) is 2. The molecule has 23 heavy (non-hydrogen) atoms. The van der Waals surface area contributed by atoms with Crippen LogP contribution in [-0.2, 0) is 0 Å². The maximum Gasteiger partial charge on any atom is 0.0692 e. The Labute approximate surface area is 142 Å². The smallest absolute Gasteiger partial charge is 0.0692 e. The summed E-state index contributed by atoms with van der Waals surface area (Å²) in [6, 6.07) is 0. The molecule has 1 fully saturated rings. The van der Waals surface area contributed by atoms with Gasteiger partial charge in [-0.05, 0) is 62.9 Å². The van der Waals surface area contributed by atoms with Gasteiger partial charge in [0.2, 0.25) is 0 Å². The number of aliphatic hydroxyl groups is 2. The molecule has 2 heteroatoms. The normalized spacial score (nSPS) is 23.3. The second-order valence-electron chi connectivity index (χ2n) is 7.55. The zero-order valence-electron chi connectivity index (χ0n) is 15.1. The molecular formula is C21H34O2. The lowest BCUT2D eigenvalue weighted by molar-refractivity contribution is 0.158. The minimum Gasteiger partial charge on any atom is -0.393 e. The maximum atomic E-state index is 9.71. The number of aliphatic hydroxyl groups excluding tert-OH is 2. The molecule has 0 heterocycles. The van der Waals surface area contributed by atoms with Crippen molar-refractivity contribution < 1.29 is 10.2 Å². The second-order valence-corrected chi connectivity index (χ2v) is 7.55. The maximum absolute atomic E-state index is 9.71. The molecule has 1 aliphatic rings. The van der Waals surface area contributed by atoms with Gasteiger partial charge in [0.05, 0.1) is 12.2 Å². The van der Waals surface area contributed by atoms with Crippen LogP contribution >= 0.6 is 0 Å². The molecule has 0 radical (unpaired) electrons. The highest BCUT2D eigenvalue weighted by Crippen LogP contribution is 2.29. The molecule has 0 aromatic rings. The number of hydrogen-bond acceptors (Lipinski definition) is 2. The van der Waals surface area contributed by atoms with E-state index in [4.69, 9.17) is 0 Å². The molecule has 2 atom stereocenters. The van der Waals surface area contributed by atoms with Crippen molar-refractivity contribution in [3.05, 3.63) is 48.1 Å². The molecule has 0 bridgehead atoms. The van der Waals surface area contributed by atoms with Crippen LogP contribution in [0.25, 0.3) is 0 Å². The highest BCUT2D eigenvalue weighted by atomic mass is 16.3. The van der Waals surface area contributed by atoms with Crippen LogP contribution in [-0.4, -0.2) is 22.4 Å². The molecule has 0 aromatic carbocycles. The SMILES string of the molecule is C=C1CCC(O)C/C1=C/C=C/CCCC(C)(C)C/C=C/C(C)O. The number of allylic oxidation sites excluding steroid dienone is 5. The molecule has 2 N–H and O–H groups in total. The fraction of sp³-hybridized carbons (Fsp3) is 0.619. The Bertz CT molecular complexity index is 452. The van der Waals surface area contributed by atoms with Crippen molar-refractivity contribution in [3.8, 4) is 0 Å². The second kappa shape index (κ2) is 9.89. The topological polar surface area (TPSA) is 40.5 Å². The van der Waals surface area contributed by atoms with Crippen LogP contribution in [0.3, 0.4) is 0 Å². The molecule has 130 valence electrons. The molecule has 0 aromatic heterocycles. The van der Waals surface area contributed by atoms with E-state index in [0.29, 0.717) is 0 Å². The fourth-order valence-electron chi connectivity index (χ4n) is 2.85. The predicted octanol–water partition coefficient (Wildman–Crippen LogP) is 5.09. The molecule has 0 aliphatic heterocycles. The average molecular weight is 319 g/mol. The van der Waals surface area contributed by atoms with Crippen molar-refractivity contribution in [1.82, 2.24) is 0 Å². The van der Waals surface area contributed by atoms with Gasteiger partial charge in [0, 0.05) is 0 Å². The molecule has 2 unspecified atom stereocenters. The number of rotatable bonds is 8. The summed E-state index contributed by atoms with van der Waals surface area (Å²) < 4.78 is 0. The third kappa shape index (κ3) is 8.92. The molecule has 1 saturated carbocycles. The third-order valence-electron chi connectivity index (χ3n) is 4.43. The quantitative estimate of drug-likeness (QED) is 0.483. The van der Waals surface area contributed by atoms with Crippen molar-refractivity contribution in [1.29, 1.82) is 0 Å². The van der Waals surface area contributed by atoms with E-state index >= 15 is 0 Å². The summed E-state index contributed by atoms with van der Waals surface area (Å²) in [7, 11) is 0. The van der Waals surface area contributed by atoms with Gasteiger partial charge in [0.25, 0.3) is 0 Å². The van der Waals surface area contributed by atoms with Gasteiger partial charge >= 0.3 is 0 Å². The van der Waals surface area contributed by atoms with Crippen LogP contribution in [0.15, 0.2) is 48.1 Å². The fourth-order valence-corrected chi connectivity index (χ4v) is 2.85. The highest BCUT2D eigenvalue weighted by molar-refractivity contribution is 5.34. The third-order valence-corrected chi connectivity index (χ3v) is 4.43. The van der Waals surface area contributed by atoms with Crippen molar-refractivity contribution in [2.75, 3.05) is 0 Å². The number of unbranched alkanes of at least 4 members (excludes halogenated alkanes) is 1. The van der Waals surface area contributed by atoms with Crippen LogP contribution in [0.1, 0.15) is 65.7 Å². The van der Waals surface area contributed by atoms with Crippen LogP contribution in [0, 0.1) is 5.41 Å². The van der Waals surface area contributed by atoms with Gasteiger partial charge < -0.3 is 10.2 Å². The van der Waals surface area contributed by atoms with E-state index in [0.717, 1.165) is 32.1 Å². The molecule has 0 saturated heterocycles. The lowest BCUT2D eigenvalue weighted by atomic mass is 9.83. The van der Waals surface area contributed by atoms with Crippen LogP contribution < -0.4 is 0 Å². The van der Waals surface area contributed by atoms with Gasteiger partial charge in [-0.2, -0.15) is 0 Å². The van der Waals surface area contributed by atoms with Crippen molar-refractivity contribution in [3.63, 3.8) is 0 Å². The van der Waals surface area contributed by atoms with E-state index in [1.807, 2.05) is 6.08 Å². The van der Waals surface area contributed by atoms with Gasteiger partial charge in [-0.1, -0.05) is 56.4 Å². The Morgan fingerprint density at radius 2 is 2.09 bits per heavy atom. The summed E-state index contributed by atoms with van der Waals surface area (Å²) in [6.07, 6.45) is 16.7. The molecule has 0 spiro atoms. The van der Waals surface area contributed by atoms with Crippen LogP contribution in [0.5, 0.6) is 0 Å². The van der Waals surface area contributed by atoms with Crippen molar-refractivity contribution in [2.24, 2.45) is 5.41 Å². The van der Waals surface area contributed by atoms with E-state index in [2.05, 4.69) is 44.7 Å². The Morgan fingerprint density at radius 3 is 2.78 bits per heavy atom. The van der Waals surface area contributed by atoms with E-state index in [-0.39, 0.29) is 17.6 Å². The summed E-state index contributed by atoms with van der Waals surface area (Å²) in [4.78, 5) is 0. The van der Waals surface area contributed by atoms with Crippen LogP contribution in [0.4, 0.5) is 0 Å². The van der Waals surface area contributed by atoms with Gasteiger partial charge in [-0.25, -0.2) is 0 Å². The van der Waals surface area contributed by atoms with Gasteiger partial charge in [0.1, 0.15) is 0 Å². The van der Waals surface area contributed by atoms with E-state index < -0.39 is 0 Å². The minimum atomic E-state index is -0.352. The predicted molar refractivity (Wildman–Crippen MR) is 99.3 cm³/mol. The van der Waals surface area contributed by atoms with Gasteiger partial charge in [-0.3, -0.25) is 0 Å². The monoisotopic (exact) mass is 318 g/mol. The first-order valence-corrected chi connectivity index (χ1v) is 8.87. The largest absolute Gasteiger partial charge is 0.393 e. The summed E-state index contributed by atoms with van der Waals surface area (Å²) in [5.74, 6) is 0. The summed E-state index contributed by atoms with van der Waals surface area (Å²) >= 11 is 0. The van der Waals surface area contributed by atoms with Gasteiger partial charge in [0.15, 0.2) is 0 Å². The zero-order valence-corrected chi connectivity index (χ0v) is 15.1. The van der Waals surface area contributed by atoms with Crippen LogP contribution in [0.2, 0.25) is 0 Å². The molecular weight excluding hydrogens is 284 g/mol. The first-order valence-electron chi connectivity index (χ1n) is 8.87. The average Bonchev–Trinajstić information content (AvgIpc) is 2.45. The van der Waals surface area contributed by atoms with Gasteiger partial charge in [-0.15, -0.1) is 0 Å². The Balaban J connectivity index is 2.29. The van der Waals surface area contributed by atoms with E-state index in [1.165, 1.54) is 24.0 Å². The Morgan fingerprint density at radius 1 is 1.35 bits per heavy atom. The van der Waals surface area contributed by atoms with E-state index in [1.54, 1.807) is 6.92 Å². The molecule has 0 amide bonds. The van der Waals surface area contributed by atoms with E-state index in [9.17, 15) is 10.2 Å². The minimum absolute atomic E-state index is 0.198. The van der Waals surface area contributed by atoms with Crippen molar-refractivity contribution >= 4 is 0 Å². The first kappa shape index (κ1) is 19.9. The van der Waals surface area contributed by atoms with Crippen molar-refractivity contribution in [2.45, 2.75) is 77.9 Å². The summed E-state index contributed by atoms with van der Waals surface area (Å²) in [5, 5.41) is 18.9. The summed E-state index contributed by atoms with van der Waals surface area (Å²) in [6.45, 7) is 10.4. The standard InChI is InChI=1S/C21H34O2/c1-17-12-13-20(23)16-19(17)11-7-5-6-8-14-21(3,4)15-9-10-18(2)22/h5,7,9-11,18,20,22-23H,1,6,8,12-16H2,2-4H3/b7-5+,10-9+,19-11-. The lowest BCUT2D eigenvalue weighted by Gasteiger charge is -2.22. The molecule has 1 aliphatic carbocycles. The molecule has 2 nitrogen and oxygen atoms in total. The first-order chi connectivity index (χ1) is 10.8. The molecule has 1 rings (SSSR count). The summed E-state index contributed by atoms with van der Waals surface area (Å²) in [5.41, 5.74) is 2.65. The lowest BCUT2D eigenvalue weighted by Crippen LogP contribution is -2.14. The zero-order chi connectivity index (χ0) is 17.3. The Hall–Kier alpha value is -1.12.